The van der Waals surface area contributed by atoms with E-state index in [1.807, 2.05) is 24.3 Å². The molecule has 0 saturated carbocycles. The predicted octanol–water partition coefficient (Wildman–Crippen LogP) is 2.35. The van der Waals surface area contributed by atoms with Gasteiger partial charge in [0.15, 0.2) is 0 Å². The van der Waals surface area contributed by atoms with Crippen LogP contribution < -0.4 is 4.74 Å². The van der Waals surface area contributed by atoms with Crippen molar-refractivity contribution in [3.63, 3.8) is 0 Å². The van der Waals surface area contributed by atoms with Crippen LogP contribution in [0.3, 0.4) is 0 Å². The minimum atomic E-state index is 0.487. The smallest absolute Gasteiger partial charge is 0.276 e. The first-order valence-corrected chi connectivity index (χ1v) is 6.82. The Morgan fingerprint density at radius 1 is 1.32 bits per heavy atom. The molecule has 5 nitrogen and oxygen atoms in total. The Bertz CT molecular complexity index is 525. The molecule has 0 aliphatic carbocycles. The van der Waals surface area contributed by atoms with Crippen molar-refractivity contribution in [2.24, 2.45) is 0 Å². The predicted molar refractivity (Wildman–Crippen MR) is 71.5 cm³/mol. The number of hydrogen-bond donors (Lipinski definition) is 0. The van der Waals surface area contributed by atoms with Gasteiger partial charge in [-0.05, 0) is 17.7 Å². The molecule has 6 heteroatoms. The molecule has 0 N–H and O–H groups in total. The van der Waals surface area contributed by atoms with Crippen molar-refractivity contribution in [1.29, 1.82) is 0 Å². The lowest BCUT2D eigenvalue weighted by atomic mass is 10.1. The molecule has 1 heterocycles. The van der Waals surface area contributed by atoms with Crippen LogP contribution in [0.25, 0.3) is 0 Å². The van der Waals surface area contributed by atoms with Crippen molar-refractivity contribution in [2.45, 2.75) is 18.1 Å². The second kappa shape index (κ2) is 6.94. The van der Waals surface area contributed by atoms with E-state index >= 15 is 0 Å². The molecule has 0 radical (unpaired) electrons. The highest BCUT2D eigenvalue weighted by atomic mass is 32.2. The van der Waals surface area contributed by atoms with Gasteiger partial charge >= 0.3 is 0 Å². The third kappa shape index (κ3) is 4.10. The highest BCUT2D eigenvalue weighted by Crippen LogP contribution is 2.19. The Hall–Kier alpha value is -1.82. The van der Waals surface area contributed by atoms with Crippen LogP contribution in [0.1, 0.15) is 17.9 Å². The number of methoxy groups -OCH3 is 1. The summed E-state index contributed by atoms with van der Waals surface area (Å²) >= 11 is 1.39. The van der Waals surface area contributed by atoms with E-state index < -0.39 is 0 Å². The summed E-state index contributed by atoms with van der Waals surface area (Å²) in [4.78, 5) is 10.2. The van der Waals surface area contributed by atoms with Crippen LogP contribution in [-0.2, 0) is 11.2 Å². The lowest BCUT2D eigenvalue weighted by Gasteiger charge is -2.00. The van der Waals surface area contributed by atoms with E-state index in [1.165, 1.54) is 11.8 Å². The van der Waals surface area contributed by atoms with Crippen molar-refractivity contribution < 1.29 is 13.9 Å². The maximum atomic E-state index is 10.2. The fourth-order valence-corrected chi connectivity index (χ4v) is 2.12. The van der Waals surface area contributed by atoms with Crippen LogP contribution in [0.15, 0.2) is 33.9 Å². The van der Waals surface area contributed by atoms with Crippen molar-refractivity contribution in [3.8, 4) is 5.75 Å². The van der Waals surface area contributed by atoms with Crippen LogP contribution in [0.2, 0.25) is 0 Å². The summed E-state index contributed by atoms with van der Waals surface area (Å²) in [6.45, 7) is 0. The van der Waals surface area contributed by atoms with Crippen molar-refractivity contribution in [1.82, 2.24) is 10.2 Å². The molecule has 0 saturated heterocycles. The Balaban J connectivity index is 1.92. The molecule has 0 unspecified atom stereocenters. The SMILES string of the molecule is COc1ccc(Cc2nnc(SCCC=O)o2)cc1. The first kappa shape index (κ1) is 13.6. The largest absolute Gasteiger partial charge is 0.497 e. The van der Waals surface area contributed by atoms with Gasteiger partial charge in [0.2, 0.25) is 5.89 Å². The number of nitrogens with zero attached hydrogens (tertiary/aromatic N) is 2. The van der Waals surface area contributed by atoms with Gasteiger partial charge in [0.05, 0.1) is 13.5 Å². The number of thioether (sulfide) groups is 1. The van der Waals surface area contributed by atoms with Crippen LogP contribution in [0.5, 0.6) is 5.75 Å². The summed E-state index contributed by atoms with van der Waals surface area (Å²) in [6.07, 6.45) is 1.95. The van der Waals surface area contributed by atoms with Gasteiger partial charge in [-0.25, -0.2) is 0 Å². The average molecular weight is 278 g/mol. The number of carbonyl (C=O) groups is 1. The van der Waals surface area contributed by atoms with E-state index in [4.69, 9.17) is 9.15 Å². The highest BCUT2D eigenvalue weighted by molar-refractivity contribution is 7.99. The summed E-state index contributed by atoms with van der Waals surface area (Å²) in [7, 11) is 1.63. The van der Waals surface area contributed by atoms with Crippen LogP contribution in [0.4, 0.5) is 0 Å². The van der Waals surface area contributed by atoms with E-state index in [0.29, 0.717) is 29.7 Å². The third-order valence-electron chi connectivity index (χ3n) is 2.42. The fraction of sp³-hybridized carbons (Fsp3) is 0.308. The molecule has 0 amide bonds. The zero-order chi connectivity index (χ0) is 13.5. The lowest BCUT2D eigenvalue weighted by Crippen LogP contribution is -1.89. The zero-order valence-corrected chi connectivity index (χ0v) is 11.4. The minimum Gasteiger partial charge on any atom is -0.497 e. The molecule has 0 bridgehead atoms. The molecule has 19 heavy (non-hydrogen) atoms. The Morgan fingerprint density at radius 3 is 2.79 bits per heavy atom. The number of ether oxygens (including phenoxy) is 1. The summed E-state index contributed by atoms with van der Waals surface area (Å²) in [5, 5.41) is 8.40. The number of benzene rings is 1. The zero-order valence-electron chi connectivity index (χ0n) is 10.5. The number of aromatic nitrogens is 2. The molecule has 0 fully saturated rings. The van der Waals surface area contributed by atoms with E-state index in [2.05, 4.69) is 10.2 Å². The first-order valence-electron chi connectivity index (χ1n) is 5.83. The van der Waals surface area contributed by atoms with Crippen molar-refractivity contribution in [3.05, 3.63) is 35.7 Å². The number of aldehydes is 1. The molecule has 100 valence electrons. The van der Waals surface area contributed by atoms with E-state index in [9.17, 15) is 4.79 Å². The molecule has 2 aromatic rings. The van der Waals surface area contributed by atoms with Crippen molar-refractivity contribution >= 4 is 18.0 Å². The summed E-state index contributed by atoms with van der Waals surface area (Å²) in [5.41, 5.74) is 1.08. The topological polar surface area (TPSA) is 65.2 Å². The molecule has 0 atom stereocenters. The fourth-order valence-electron chi connectivity index (χ4n) is 1.48. The lowest BCUT2D eigenvalue weighted by molar-refractivity contribution is -0.107. The van der Waals surface area contributed by atoms with Crippen LogP contribution >= 0.6 is 11.8 Å². The maximum Gasteiger partial charge on any atom is 0.276 e. The molecule has 0 aliphatic heterocycles. The van der Waals surface area contributed by atoms with Gasteiger partial charge in [-0.15, -0.1) is 10.2 Å². The summed E-state index contributed by atoms with van der Waals surface area (Å²) < 4.78 is 10.6. The molecule has 1 aromatic heterocycles. The molecule has 2 rings (SSSR count). The van der Waals surface area contributed by atoms with Gasteiger partial charge < -0.3 is 13.9 Å². The highest BCUT2D eigenvalue weighted by Gasteiger charge is 2.07. The maximum absolute atomic E-state index is 10.2. The quantitative estimate of drug-likeness (QED) is 0.440. The van der Waals surface area contributed by atoms with Crippen LogP contribution in [0, 0.1) is 0 Å². The Morgan fingerprint density at radius 2 is 2.11 bits per heavy atom. The molecule has 0 spiro atoms. The average Bonchev–Trinajstić information content (AvgIpc) is 2.88. The van der Waals surface area contributed by atoms with E-state index in [-0.39, 0.29) is 0 Å². The van der Waals surface area contributed by atoms with Crippen molar-refractivity contribution in [2.75, 3.05) is 12.9 Å². The number of rotatable bonds is 7. The second-order valence-electron chi connectivity index (χ2n) is 3.79. The standard InChI is InChI=1S/C13H14N2O3S/c1-17-11-5-3-10(4-6-11)9-12-14-15-13(18-12)19-8-2-7-16/h3-7H,2,8-9H2,1H3. The number of carbonyl (C=O) groups excluding carboxylic acids is 1. The summed E-state index contributed by atoms with van der Waals surface area (Å²) in [6, 6.07) is 7.71. The normalized spacial score (nSPS) is 10.4. The van der Waals surface area contributed by atoms with E-state index in [1.54, 1.807) is 7.11 Å². The first-order chi connectivity index (χ1) is 9.31. The minimum absolute atomic E-state index is 0.487. The van der Waals surface area contributed by atoms with Gasteiger partial charge in [-0.1, -0.05) is 23.9 Å². The van der Waals surface area contributed by atoms with Gasteiger partial charge in [0, 0.05) is 12.2 Å². The molecule has 0 aliphatic rings. The monoisotopic (exact) mass is 278 g/mol. The Kier molecular flexibility index (Phi) is 4.97. The summed E-state index contributed by atoms with van der Waals surface area (Å²) in [5.74, 6) is 2.05. The molecule has 1 aromatic carbocycles. The Labute approximate surface area is 115 Å². The van der Waals surface area contributed by atoms with Gasteiger partial charge in [-0.2, -0.15) is 0 Å². The van der Waals surface area contributed by atoms with Crippen LogP contribution in [-0.4, -0.2) is 29.3 Å². The second-order valence-corrected chi connectivity index (χ2v) is 4.84. The van der Waals surface area contributed by atoms with E-state index in [0.717, 1.165) is 17.6 Å². The molecular formula is C13H14N2O3S. The van der Waals surface area contributed by atoms with Gasteiger partial charge in [-0.3, -0.25) is 0 Å². The number of hydrogen-bond acceptors (Lipinski definition) is 6. The van der Waals surface area contributed by atoms with Gasteiger partial charge in [0.25, 0.3) is 5.22 Å². The third-order valence-corrected chi connectivity index (χ3v) is 3.28. The van der Waals surface area contributed by atoms with Gasteiger partial charge in [0.1, 0.15) is 12.0 Å². The molecular weight excluding hydrogens is 264 g/mol.